The summed E-state index contributed by atoms with van der Waals surface area (Å²) in [5.74, 6) is 0. The molecular weight excluding hydrogens is 382 g/mol. The van der Waals surface area contributed by atoms with Gasteiger partial charge in [0.05, 0.1) is 5.60 Å². The number of thiocarbonyl (C=S) groups is 1. The van der Waals surface area contributed by atoms with E-state index in [9.17, 15) is 0 Å². The molecule has 6 heteroatoms. The molecule has 1 unspecified atom stereocenters. The third-order valence-corrected chi connectivity index (χ3v) is 5.81. The van der Waals surface area contributed by atoms with Crippen LogP contribution in [0, 0.1) is 0 Å². The Morgan fingerprint density at radius 2 is 1.76 bits per heavy atom. The molecule has 0 saturated carbocycles. The Kier molecular flexibility index (Phi) is 9.04. The Bertz CT molecular complexity index is 762. The summed E-state index contributed by atoms with van der Waals surface area (Å²) in [4.78, 5) is 2.83. The van der Waals surface area contributed by atoms with Gasteiger partial charge in [-0.25, -0.2) is 0 Å². The molecule has 0 aromatic heterocycles. The van der Waals surface area contributed by atoms with Crippen LogP contribution in [0.1, 0.15) is 30.0 Å². The van der Waals surface area contributed by atoms with Crippen LogP contribution in [0.2, 0.25) is 0 Å². The fraction of sp³-hybridized carbons (Fsp3) is 0.435. The lowest BCUT2D eigenvalue weighted by atomic mass is 9.86. The molecule has 0 spiro atoms. The number of hydrogen-bond acceptors (Lipinski definition) is 5. The standard InChI is InChI=1S/C22H28N2O2S.CH5N/c1-24(2)21(27)20(17-8-5-4-6-9-17)23-19-11-7-10-18(16-19)22(25-3)12-14-26-15-13-22;1-2/h4-11,16,20,23H,12-15H2,1-3H3;2H2,1H3. The van der Waals surface area contributed by atoms with Crippen LogP contribution in [0.4, 0.5) is 5.69 Å². The molecule has 1 aliphatic rings. The van der Waals surface area contributed by atoms with Gasteiger partial charge in [0.25, 0.3) is 0 Å². The number of methoxy groups -OCH3 is 1. The summed E-state index contributed by atoms with van der Waals surface area (Å²) in [5.41, 5.74) is 7.59. The maximum atomic E-state index is 5.95. The maximum absolute atomic E-state index is 5.95. The van der Waals surface area contributed by atoms with E-state index in [4.69, 9.17) is 21.7 Å². The van der Waals surface area contributed by atoms with Crippen molar-refractivity contribution in [2.75, 3.05) is 46.8 Å². The molecule has 0 radical (unpaired) electrons. The van der Waals surface area contributed by atoms with E-state index >= 15 is 0 Å². The highest BCUT2D eigenvalue weighted by atomic mass is 32.1. The molecule has 3 rings (SSSR count). The molecular formula is C23H33N3O2S. The average molecular weight is 416 g/mol. The lowest BCUT2D eigenvalue weighted by molar-refractivity contribution is -0.0947. The summed E-state index contributed by atoms with van der Waals surface area (Å²) in [6, 6.07) is 18.7. The normalized spacial score (nSPS) is 16.2. The second kappa shape index (κ2) is 11.3. The zero-order chi connectivity index (χ0) is 21.3. The highest BCUT2D eigenvalue weighted by Crippen LogP contribution is 2.37. The second-order valence-corrected chi connectivity index (χ2v) is 7.53. The summed E-state index contributed by atoms with van der Waals surface area (Å²) in [6.07, 6.45) is 1.73. The zero-order valence-corrected chi connectivity index (χ0v) is 18.7. The van der Waals surface area contributed by atoms with Crippen molar-refractivity contribution in [3.05, 3.63) is 65.7 Å². The third kappa shape index (κ3) is 5.76. The van der Waals surface area contributed by atoms with E-state index in [1.807, 2.05) is 37.2 Å². The number of likely N-dealkylation sites (N-methyl/N-ethyl adjacent to an activating group) is 1. The fourth-order valence-electron chi connectivity index (χ4n) is 3.56. The third-order valence-electron chi connectivity index (χ3n) is 5.21. The molecule has 2 aromatic rings. The van der Waals surface area contributed by atoms with Gasteiger partial charge in [0.2, 0.25) is 0 Å². The highest BCUT2D eigenvalue weighted by molar-refractivity contribution is 7.80. The maximum Gasteiger partial charge on any atom is 0.105 e. The number of anilines is 1. The van der Waals surface area contributed by atoms with Crippen molar-refractivity contribution < 1.29 is 9.47 Å². The summed E-state index contributed by atoms with van der Waals surface area (Å²) in [6.45, 7) is 1.45. The number of nitrogens with zero attached hydrogens (tertiary/aromatic N) is 1. The minimum absolute atomic E-state index is 0.0698. The Morgan fingerprint density at radius 1 is 1.10 bits per heavy atom. The molecule has 1 heterocycles. The number of benzene rings is 2. The largest absolute Gasteiger partial charge is 0.381 e. The Hall–Kier alpha value is -1.99. The first kappa shape index (κ1) is 23.3. The monoisotopic (exact) mass is 415 g/mol. The summed E-state index contributed by atoms with van der Waals surface area (Å²) in [7, 11) is 7.26. The van der Waals surface area contributed by atoms with Gasteiger partial charge >= 0.3 is 0 Å². The molecule has 158 valence electrons. The van der Waals surface area contributed by atoms with Gasteiger partial charge in [-0.1, -0.05) is 54.7 Å². The second-order valence-electron chi connectivity index (χ2n) is 7.11. The van der Waals surface area contributed by atoms with Gasteiger partial charge in [-0.05, 0) is 30.3 Å². The molecule has 1 atom stereocenters. The van der Waals surface area contributed by atoms with Gasteiger partial charge < -0.3 is 25.4 Å². The first-order valence-corrected chi connectivity index (χ1v) is 10.3. The lowest BCUT2D eigenvalue weighted by Gasteiger charge is -2.36. The molecule has 1 aliphatic heterocycles. The SMILES string of the molecule is CN.COC1(c2cccc(NC(C(=S)N(C)C)c3ccccc3)c2)CCOCC1. The summed E-state index contributed by atoms with van der Waals surface area (Å²) in [5, 5.41) is 3.63. The predicted octanol–water partition coefficient (Wildman–Crippen LogP) is 3.96. The van der Waals surface area contributed by atoms with Crippen LogP contribution >= 0.6 is 12.2 Å². The van der Waals surface area contributed by atoms with Gasteiger partial charge in [0, 0.05) is 52.9 Å². The van der Waals surface area contributed by atoms with Crippen molar-refractivity contribution >= 4 is 22.9 Å². The summed E-state index contributed by atoms with van der Waals surface area (Å²) >= 11 is 5.71. The molecule has 5 nitrogen and oxygen atoms in total. The van der Waals surface area contributed by atoms with Gasteiger partial charge in [0.15, 0.2) is 0 Å². The van der Waals surface area contributed by atoms with Crippen LogP contribution in [0.3, 0.4) is 0 Å². The number of nitrogens with two attached hydrogens (primary N) is 1. The number of nitrogens with one attached hydrogen (secondary N) is 1. The Labute approximate surface area is 180 Å². The van der Waals surface area contributed by atoms with Crippen LogP contribution in [-0.2, 0) is 15.1 Å². The molecule has 29 heavy (non-hydrogen) atoms. The molecule has 0 aliphatic carbocycles. The first-order valence-electron chi connectivity index (χ1n) is 9.89. The minimum atomic E-state index is -0.278. The zero-order valence-electron chi connectivity index (χ0n) is 17.9. The van der Waals surface area contributed by atoms with Crippen LogP contribution in [0.5, 0.6) is 0 Å². The smallest absolute Gasteiger partial charge is 0.105 e. The fourth-order valence-corrected chi connectivity index (χ4v) is 3.76. The van der Waals surface area contributed by atoms with Gasteiger partial charge in [-0.3, -0.25) is 0 Å². The Balaban J connectivity index is 0.00000145. The molecule has 2 aromatic carbocycles. The minimum Gasteiger partial charge on any atom is -0.381 e. The van der Waals surface area contributed by atoms with Crippen molar-refractivity contribution in [1.29, 1.82) is 0 Å². The lowest BCUT2D eigenvalue weighted by Crippen LogP contribution is -2.35. The van der Waals surface area contributed by atoms with E-state index in [-0.39, 0.29) is 11.6 Å². The van der Waals surface area contributed by atoms with Crippen LogP contribution in [-0.4, -0.2) is 51.4 Å². The Morgan fingerprint density at radius 3 is 2.34 bits per heavy atom. The predicted molar refractivity (Wildman–Crippen MR) is 124 cm³/mol. The van der Waals surface area contributed by atoms with Crippen LogP contribution in [0.15, 0.2) is 54.6 Å². The van der Waals surface area contributed by atoms with Crippen molar-refractivity contribution in [3.8, 4) is 0 Å². The summed E-state index contributed by atoms with van der Waals surface area (Å²) < 4.78 is 11.5. The van der Waals surface area contributed by atoms with Crippen molar-refractivity contribution in [3.63, 3.8) is 0 Å². The first-order chi connectivity index (χ1) is 14.1. The highest BCUT2D eigenvalue weighted by Gasteiger charge is 2.34. The van der Waals surface area contributed by atoms with Crippen LogP contribution in [0.25, 0.3) is 0 Å². The van der Waals surface area contributed by atoms with Crippen LogP contribution < -0.4 is 11.1 Å². The van der Waals surface area contributed by atoms with Gasteiger partial charge in [-0.2, -0.15) is 0 Å². The van der Waals surface area contributed by atoms with E-state index in [0.717, 1.165) is 42.3 Å². The van der Waals surface area contributed by atoms with E-state index < -0.39 is 0 Å². The van der Waals surface area contributed by atoms with E-state index in [1.54, 1.807) is 7.11 Å². The number of hydrogen-bond donors (Lipinski definition) is 2. The molecule has 0 bridgehead atoms. The number of ether oxygens (including phenoxy) is 2. The molecule has 0 amide bonds. The van der Waals surface area contributed by atoms with E-state index in [0.29, 0.717) is 0 Å². The average Bonchev–Trinajstić information content (AvgIpc) is 2.79. The van der Waals surface area contributed by atoms with E-state index in [2.05, 4.69) is 47.4 Å². The number of rotatable bonds is 6. The van der Waals surface area contributed by atoms with Gasteiger partial charge in [-0.15, -0.1) is 0 Å². The van der Waals surface area contributed by atoms with Crippen molar-refractivity contribution in [1.82, 2.24) is 4.90 Å². The van der Waals surface area contributed by atoms with Gasteiger partial charge in [0.1, 0.15) is 11.0 Å². The topological polar surface area (TPSA) is 59.8 Å². The van der Waals surface area contributed by atoms with Crippen molar-refractivity contribution in [2.24, 2.45) is 5.73 Å². The quantitative estimate of drug-likeness (QED) is 0.697. The molecule has 1 fully saturated rings. The van der Waals surface area contributed by atoms with E-state index in [1.165, 1.54) is 12.6 Å². The molecule has 3 N–H and O–H groups in total. The van der Waals surface area contributed by atoms with Crippen molar-refractivity contribution in [2.45, 2.75) is 24.5 Å². The molecule has 1 saturated heterocycles.